The smallest absolute Gasteiger partial charge is 0.162 e. The van der Waals surface area contributed by atoms with E-state index >= 15 is 0 Å². The number of Topliss-reactive ketones (excluding diaryl/α,β-unsaturated/α-hetero) is 1. The zero-order valence-corrected chi connectivity index (χ0v) is 10.7. The third-order valence-corrected chi connectivity index (χ3v) is 3.64. The van der Waals surface area contributed by atoms with Crippen LogP contribution in [0.5, 0.6) is 0 Å². The minimum atomic E-state index is 0.311. The van der Waals surface area contributed by atoms with E-state index in [1.54, 1.807) is 0 Å². The Kier molecular flexibility index (Phi) is 3.78. The van der Waals surface area contributed by atoms with E-state index in [1.807, 2.05) is 12.1 Å². The molecule has 0 aromatic heterocycles. The van der Waals surface area contributed by atoms with Gasteiger partial charge in [-0.15, -0.1) is 0 Å². The molecule has 0 saturated heterocycles. The second-order valence-corrected chi connectivity index (χ2v) is 5.14. The van der Waals surface area contributed by atoms with Gasteiger partial charge in [0.1, 0.15) is 0 Å². The molecule has 0 spiro atoms. The fraction of sp³-hybridized carbons (Fsp3) is 0.438. The van der Waals surface area contributed by atoms with Gasteiger partial charge in [0.05, 0.1) is 0 Å². The van der Waals surface area contributed by atoms with Gasteiger partial charge >= 0.3 is 0 Å². The van der Waals surface area contributed by atoms with E-state index in [9.17, 15) is 4.79 Å². The lowest BCUT2D eigenvalue weighted by atomic mass is 9.87. The Morgan fingerprint density at radius 2 is 2.12 bits per heavy atom. The van der Waals surface area contributed by atoms with Crippen LogP contribution in [0.4, 0.5) is 0 Å². The lowest BCUT2D eigenvalue weighted by molar-refractivity contribution is -0.115. The molecule has 1 heteroatoms. The fourth-order valence-electron chi connectivity index (χ4n) is 2.31. The first kappa shape index (κ1) is 12.1. The second-order valence-electron chi connectivity index (χ2n) is 5.14. The van der Waals surface area contributed by atoms with Crippen LogP contribution in [0.25, 0.3) is 0 Å². The minimum Gasteiger partial charge on any atom is -0.294 e. The summed E-state index contributed by atoms with van der Waals surface area (Å²) in [6.07, 6.45) is 5.90. The highest BCUT2D eigenvalue weighted by atomic mass is 16.1. The second kappa shape index (κ2) is 5.31. The first-order chi connectivity index (χ1) is 8.16. The summed E-state index contributed by atoms with van der Waals surface area (Å²) in [5.74, 6) is 1.05. The monoisotopic (exact) mass is 228 g/mol. The summed E-state index contributed by atoms with van der Waals surface area (Å²) in [6.45, 7) is 4.32. The highest BCUT2D eigenvalue weighted by molar-refractivity contribution is 5.97. The first-order valence-corrected chi connectivity index (χ1v) is 6.43. The zero-order chi connectivity index (χ0) is 12.3. The largest absolute Gasteiger partial charge is 0.294 e. The Bertz CT molecular complexity index is 443. The van der Waals surface area contributed by atoms with Crippen LogP contribution in [0, 0.1) is 12.8 Å². The summed E-state index contributed by atoms with van der Waals surface area (Å²) in [6, 6.07) is 8.15. The van der Waals surface area contributed by atoms with Crippen molar-refractivity contribution in [3.8, 4) is 0 Å². The normalized spacial score (nSPS) is 19.9. The molecule has 0 saturated carbocycles. The van der Waals surface area contributed by atoms with Gasteiger partial charge < -0.3 is 0 Å². The van der Waals surface area contributed by atoms with Crippen molar-refractivity contribution in [2.75, 3.05) is 0 Å². The molecule has 1 aromatic rings. The van der Waals surface area contributed by atoms with Crippen LogP contribution in [0.3, 0.4) is 0 Å². The summed E-state index contributed by atoms with van der Waals surface area (Å²) in [4.78, 5) is 12.2. The molecule has 1 aliphatic rings. The van der Waals surface area contributed by atoms with Gasteiger partial charge in [-0.25, -0.2) is 0 Å². The third-order valence-electron chi connectivity index (χ3n) is 3.64. The lowest BCUT2D eigenvalue weighted by Gasteiger charge is -2.17. The van der Waals surface area contributed by atoms with E-state index in [0.29, 0.717) is 12.2 Å². The summed E-state index contributed by atoms with van der Waals surface area (Å²) in [5, 5.41) is 0. The van der Waals surface area contributed by atoms with Crippen molar-refractivity contribution in [2.24, 2.45) is 5.92 Å². The number of carbonyl (C=O) groups excluding carboxylic acids is 1. The summed E-state index contributed by atoms with van der Waals surface area (Å²) in [7, 11) is 0. The molecule has 0 bridgehead atoms. The molecule has 0 amide bonds. The Morgan fingerprint density at radius 3 is 2.76 bits per heavy atom. The zero-order valence-electron chi connectivity index (χ0n) is 10.7. The first-order valence-electron chi connectivity index (χ1n) is 6.43. The molecule has 1 nitrogen and oxygen atoms in total. The fourth-order valence-corrected chi connectivity index (χ4v) is 2.31. The molecule has 0 heterocycles. The number of hydrogen-bond donors (Lipinski definition) is 0. The predicted octanol–water partition coefficient (Wildman–Crippen LogP) is 3.85. The third kappa shape index (κ3) is 3.06. The van der Waals surface area contributed by atoms with E-state index in [1.165, 1.54) is 5.56 Å². The summed E-state index contributed by atoms with van der Waals surface area (Å²) < 4.78 is 0. The predicted molar refractivity (Wildman–Crippen MR) is 71.0 cm³/mol. The van der Waals surface area contributed by atoms with Crippen LogP contribution in [-0.2, 0) is 11.2 Å². The number of benzene rings is 1. The molecule has 1 aliphatic carbocycles. The molecule has 0 radical (unpaired) electrons. The average Bonchev–Trinajstić information content (AvgIpc) is 2.33. The Morgan fingerprint density at radius 1 is 1.35 bits per heavy atom. The van der Waals surface area contributed by atoms with Crippen LogP contribution < -0.4 is 0 Å². The van der Waals surface area contributed by atoms with Crippen LogP contribution in [0.1, 0.15) is 37.3 Å². The SMILES string of the molecule is Cc1ccccc1CC(=O)C1=CCC(C)CC1. The van der Waals surface area contributed by atoms with Crippen molar-refractivity contribution < 1.29 is 4.79 Å². The number of ketones is 1. The maximum atomic E-state index is 12.2. The average molecular weight is 228 g/mol. The molecule has 2 rings (SSSR count). The number of carbonyl (C=O) groups is 1. The van der Waals surface area contributed by atoms with Gasteiger partial charge in [-0.1, -0.05) is 37.3 Å². The minimum absolute atomic E-state index is 0.311. The molecular formula is C16H20O. The molecule has 90 valence electrons. The van der Waals surface area contributed by atoms with Gasteiger partial charge in [0.2, 0.25) is 0 Å². The number of aryl methyl sites for hydroxylation is 1. The van der Waals surface area contributed by atoms with Crippen molar-refractivity contribution in [3.63, 3.8) is 0 Å². The summed E-state index contributed by atoms with van der Waals surface area (Å²) >= 11 is 0. The molecule has 0 fully saturated rings. The van der Waals surface area contributed by atoms with Crippen molar-refractivity contribution in [2.45, 2.75) is 39.5 Å². The molecule has 1 unspecified atom stereocenters. The van der Waals surface area contributed by atoms with Crippen molar-refractivity contribution in [3.05, 3.63) is 47.0 Å². The van der Waals surface area contributed by atoms with E-state index < -0.39 is 0 Å². The molecule has 0 N–H and O–H groups in total. The van der Waals surface area contributed by atoms with Crippen LogP contribution in [0.2, 0.25) is 0 Å². The Balaban J connectivity index is 2.05. The van der Waals surface area contributed by atoms with Gasteiger partial charge in [-0.2, -0.15) is 0 Å². The molecule has 17 heavy (non-hydrogen) atoms. The standard InChI is InChI=1S/C16H20O/c1-12-7-9-14(10-8-12)16(17)11-15-6-4-3-5-13(15)2/h3-6,9,12H,7-8,10-11H2,1-2H3. The van der Waals surface area contributed by atoms with Gasteiger partial charge in [-0.3, -0.25) is 4.79 Å². The van der Waals surface area contributed by atoms with Crippen molar-refractivity contribution in [1.82, 2.24) is 0 Å². The van der Waals surface area contributed by atoms with E-state index in [-0.39, 0.29) is 0 Å². The topological polar surface area (TPSA) is 17.1 Å². The van der Waals surface area contributed by atoms with Crippen molar-refractivity contribution >= 4 is 5.78 Å². The number of hydrogen-bond acceptors (Lipinski definition) is 1. The Hall–Kier alpha value is -1.37. The van der Waals surface area contributed by atoms with Gasteiger partial charge in [0.25, 0.3) is 0 Å². The van der Waals surface area contributed by atoms with Crippen LogP contribution in [0.15, 0.2) is 35.9 Å². The quantitative estimate of drug-likeness (QED) is 0.768. The van der Waals surface area contributed by atoms with Gasteiger partial charge in [0.15, 0.2) is 5.78 Å². The summed E-state index contributed by atoms with van der Waals surface area (Å²) in [5.41, 5.74) is 3.43. The van der Waals surface area contributed by atoms with Gasteiger partial charge in [-0.05, 0) is 48.8 Å². The van der Waals surface area contributed by atoms with Crippen LogP contribution >= 0.6 is 0 Å². The lowest BCUT2D eigenvalue weighted by Crippen LogP contribution is -2.12. The molecular weight excluding hydrogens is 208 g/mol. The van der Waals surface area contributed by atoms with Gasteiger partial charge in [0, 0.05) is 6.42 Å². The Labute approximate surface area is 104 Å². The molecule has 0 aliphatic heterocycles. The maximum absolute atomic E-state index is 12.2. The number of allylic oxidation sites excluding steroid dienone is 2. The van der Waals surface area contributed by atoms with E-state index in [2.05, 4.69) is 32.1 Å². The maximum Gasteiger partial charge on any atom is 0.162 e. The van der Waals surface area contributed by atoms with Crippen LogP contribution in [-0.4, -0.2) is 5.78 Å². The van der Waals surface area contributed by atoms with E-state index in [0.717, 1.165) is 36.3 Å². The van der Waals surface area contributed by atoms with E-state index in [4.69, 9.17) is 0 Å². The molecule has 1 aromatic carbocycles. The van der Waals surface area contributed by atoms with Crippen molar-refractivity contribution in [1.29, 1.82) is 0 Å². The highest BCUT2D eigenvalue weighted by Gasteiger charge is 2.16. The number of rotatable bonds is 3. The molecule has 1 atom stereocenters. The highest BCUT2D eigenvalue weighted by Crippen LogP contribution is 2.24.